The second-order valence-corrected chi connectivity index (χ2v) is 4.05. The largest absolute Gasteiger partial charge is 0.503 e. The summed E-state index contributed by atoms with van der Waals surface area (Å²) in [6.07, 6.45) is 0. The third kappa shape index (κ3) is 1.71. The van der Waals surface area contributed by atoms with E-state index in [1.165, 1.54) is 11.8 Å². The molecule has 17 heavy (non-hydrogen) atoms. The van der Waals surface area contributed by atoms with Crippen LogP contribution in [0.25, 0.3) is 0 Å². The first-order valence-electron chi connectivity index (χ1n) is 5.30. The van der Waals surface area contributed by atoms with Crippen molar-refractivity contribution < 1.29 is 14.7 Å². The first kappa shape index (κ1) is 11.4. The summed E-state index contributed by atoms with van der Waals surface area (Å²) in [6, 6.07) is 8.70. The number of likely N-dealkylation sites (N-methyl/N-ethyl adjacent to an activating group) is 1. The monoisotopic (exact) mass is 231 g/mol. The molecule has 1 aromatic carbocycles. The Kier molecular flexibility index (Phi) is 2.71. The molecule has 0 saturated carbocycles. The van der Waals surface area contributed by atoms with Gasteiger partial charge in [-0.3, -0.25) is 9.59 Å². The van der Waals surface area contributed by atoms with Crippen LogP contribution in [0.4, 0.5) is 0 Å². The summed E-state index contributed by atoms with van der Waals surface area (Å²) in [7, 11) is 1.58. The predicted octanol–water partition coefficient (Wildman–Crippen LogP) is 1.60. The second-order valence-electron chi connectivity index (χ2n) is 4.05. The van der Waals surface area contributed by atoms with Crippen LogP contribution in [0.1, 0.15) is 18.5 Å². The Labute approximate surface area is 99.2 Å². The Hall–Kier alpha value is -2.10. The molecule has 1 unspecified atom stereocenters. The molecule has 1 aliphatic rings. The Balaban J connectivity index is 2.53. The Morgan fingerprint density at radius 3 is 2.41 bits per heavy atom. The fourth-order valence-corrected chi connectivity index (χ4v) is 2.11. The number of Topliss-reactive ketones (excluding diaryl/α,β-unsaturated/α-hetero) is 1. The first-order valence-corrected chi connectivity index (χ1v) is 5.30. The van der Waals surface area contributed by atoms with Crippen LogP contribution in [0.2, 0.25) is 0 Å². The number of nitrogens with zero attached hydrogens (tertiary/aromatic N) is 1. The second kappa shape index (κ2) is 4.05. The van der Waals surface area contributed by atoms with Crippen LogP contribution in [0.3, 0.4) is 0 Å². The van der Waals surface area contributed by atoms with Crippen molar-refractivity contribution in [2.75, 3.05) is 7.05 Å². The first-order chi connectivity index (χ1) is 8.04. The van der Waals surface area contributed by atoms with Crippen LogP contribution >= 0.6 is 0 Å². The lowest BCUT2D eigenvalue weighted by Gasteiger charge is -2.21. The van der Waals surface area contributed by atoms with Gasteiger partial charge in [0.25, 0.3) is 5.91 Å². The molecule has 1 atom stereocenters. The zero-order valence-corrected chi connectivity index (χ0v) is 9.68. The summed E-state index contributed by atoms with van der Waals surface area (Å²) in [4.78, 5) is 24.6. The predicted molar refractivity (Wildman–Crippen MR) is 62.3 cm³/mol. The van der Waals surface area contributed by atoms with Crippen LogP contribution in [-0.4, -0.2) is 28.7 Å². The number of hydrogen-bond acceptors (Lipinski definition) is 3. The van der Waals surface area contributed by atoms with Crippen molar-refractivity contribution >= 4 is 11.7 Å². The fourth-order valence-electron chi connectivity index (χ4n) is 2.11. The minimum atomic E-state index is -0.510. The van der Waals surface area contributed by atoms with Gasteiger partial charge in [0.1, 0.15) is 0 Å². The quantitative estimate of drug-likeness (QED) is 0.841. The molecule has 1 aliphatic heterocycles. The van der Waals surface area contributed by atoms with Gasteiger partial charge < -0.3 is 10.0 Å². The topological polar surface area (TPSA) is 57.6 Å². The van der Waals surface area contributed by atoms with Crippen molar-refractivity contribution in [3.05, 3.63) is 47.2 Å². The highest BCUT2D eigenvalue weighted by molar-refractivity contribution is 6.07. The maximum atomic E-state index is 11.7. The highest BCUT2D eigenvalue weighted by atomic mass is 16.3. The third-order valence-electron chi connectivity index (χ3n) is 2.93. The van der Waals surface area contributed by atoms with E-state index < -0.39 is 17.7 Å². The molecule has 88 valence electrons. The number of carbonyl (C=O) groups is 2. The van der Waals surface area contributed by atoms with Gasteiger partial charge in [-0.2, -0.15) is 0 Å². The molecule has 0 saturated heterocycles. The summed E-state index contributed by atoms with van der Waals surface area (Å²) in [6.45, 7) is 1.36. The maximum Gasteiger partial charge on any atom is 0.289 e. The number of hydrogen-bond donors (Lipinski definition) is 1. The van der Waals surface area contributed by atoms with Gasteiger partial charge in [0.05, 0.1) is 11.6 Å². The Bertz CT molecular complexity index is 505. The van der Waals surface area contributed by atoms with Gasteiger partial charge in [0, 0.05) is 7.05 Å². The van der Waals surface area contributed by atoms with Gasteiger partial charge in [-0.15, -0.1) is 0 Å². The number of rotatable bonds is 2. The third-order valence-corrected chi connectivity index (χ3v) is 2.93. The minimum Gasteiger partial charge on any atom is -0.503 e. The summed E-state index contributed by atoms with van der Waals surface area (Å²) in [5.74, 6) is -1.23. The zero-order chi connectivity index (χ0) is 12.6. The number of ketones is 1. The molecule has 2 rings (SSSR count). The van der Waals surface area contributed by atoms with Crippen LogP contribution < -0.4 is 0 Å². The molecule has 1 aromatic rings. The molecule has 4 heteroatoms. The molecule has 0 bridgehead atoms. The van der Waals surface area contributed by atoms with Crippen LogP contribution in [0, 0.1) is 0 Å². The van der Waals surface area contributed by atoms with E-state index in [4.69, 9.17) is 0 Å². The summed E-state index contributed by atoms with van der Waals surface area (Å²) in [5, 5.41) is 9.70. The minimum absolute atomic E-state index is 0.170. The number of aliphatic hydroxyl groups excluding tert-OH is 1. The van der Waals surface area contributed by atoms with Crippen LogP contribution in [0.15, 0.2) is 41.7 Å². The Morgan fingerprint density at radius 2 is 1.88 bits per heavy atom. The van der Waals surface area contributed by atoms with Crippen molar-refractivity contribution in [2.24, 2.45) is 0 Å². The summed E-state index contributed by atoms with van der Waals surface area (Å²) >= 11 is 0. The molecule has 4 nitrogen and oxygen atoms in total. The van der Waals surface area contributed by atoms with Crippen molar-refractivity contribution in [3.63, 3.8) is 0 Å². The summed E-state index contributed by atoms with van der Waals surface area (Å²) in [5.41, 5.74) is 0.987. The number of amides is 1. The van der Waals surface area contributed by atoms with Crippen molar-refractivity contribution in [1.29, 1.82) is 0 Å². The zero-order valence-electron chi connectivity index (χ0n) is 9.68. The molecule has 0 aromatic heterocycles. The lowest BCUT2D eigenvalue weighted by Crippen LogP contribution is -2.26. The number of carbonyl (C=O) groups excluding carboxylic acids is 2. The van der Waals surface area contributed by atoms with E-state index in [2.05, 4.69) is 0 Å². The lowest BCUT2D eigenvalue weighted by molar-refractivity contribution is -0.128. The smallest absolute Gasteiger partial charge is 0.289 e. The SMILES string of the molecule is CC(=O)C1=C(O)C(=O)N(C)C1c1ccccc1. The van der Waals surface area contributed by atoms with Gasteiger partial charge in [0.2, 0.25) is 0 Å². The maximum absolute atomic E-state index is 11.7. The molecular weight excluding hydrogens is 218 g/mol. The average molecular weight is 231 g/mol. The average Bonchev–Trinajstić information content (AvgIpc) is 2.55. The molecule has 1 amide bonds. The van der Waals surface area contributed by atoms with Crippen LogP contribution in [0.5, 0.6) is 0 Å². The van der Waals surface area contributed by atoms with E-state index in [1.54, 1.807) is 7.05 Å². The molecule has 0 radical (unpaired) electrons. The van der Waals surface area contributed by atoms with E-state index >= 15 is 0 Å². The molecule has 1 heterocycles. The van der Waals surface area contributed by atoms with Crippen molar-refractivity contribution in [2.45, 2.75) is 13.0 Å². The van der Waals surface area contributed by atoms with Gasteiger partial charge in [-0.1, -0.05) is 30.3 Å². The highest BCUT2D eigenvalue weighted by Gasteiger charge is 2.39. The number of aliphatic hydroxyl groups is 1. The Morgan fingerprint density at radius 1 is 1.29 bits per heavy atom. The van der Waals surface area contributed by atoms with Crippen LogP contribution in [-0.2, 0) is 9.59 Å². The van der Waals surface area contributed by atoms with E-state index in [0.29, 0.717) is 0 Å². The lowest BCUT2D eigenvalue weighted by atomic mass is 9.97. The van der Waals surface area contributed by atoms with Gasteiger partial charge in [-0.05, 0) is 12.5 Å². The molecule has 0 fully saturated rings. The standard InChI is InChI=1S/C13H13NO3/c1-8(15)10-11(9-6-4-3-5-7-9)14(2)13(17)12(10)16/h3-7,11,16H,1-2H3. The van der Waals surface area contributed by atoms with E-state index in [1.807, 2.05) is 30.3 Å². The van der Waals surface area contributed by atoms with Gasteiger partial charge >= 0.3 is 0 Å². The fraction of sp³-hybridized carbons (Fsp3) is 0.231. The summed E-state index contributed by atoms with van der Waals surface area (Å²) < 4.78 is 0. The molecular formula is C13H13NO3. The van der Waals surface area contributed by atoms with E-state index in [-0.39, 0.29) is 11.4 Å². The van der Waals surface area contributed by atoms with Crippen molar-refractivity contribution in [1.82, 2.24) is 4.90 Å². The number of benzene rings is 1. The van der Waals surface area contributed by atoms with Gasteiger partial charge in [0.15, 0.2) is 11.5 Å². The van der Waals surface area contributed by atoms with E-state index in [9.17, 15) is 14.7 Å². The highest BCUT2D eigenvalue weighted by Crippen LogP contribution is 2.35. The molecule has 0 aliphatic carbocycles. The molecule has 1 N–H and O–H groups in total. The molecule has 0 spiro atoms. The normalized spacial score (nSPS) is 20.0. The van der Waals surface area contributed by atoms with E-state index in [0.717, 1.165) is 5.56 Å². The van der Waals surface area contributed by atoms with Gasteiger partial charge in [-0.25, -0.2) is 0 Å². The van der Waals surface area contributed by atoms with Crippen molar-refractivity contribution in [3.8, 4) is 0 Å².